The van der Waals surface area contributed by atoms with Crippen molar-refractivity contribution in [3.8, 4) is 0 Å². The molecule has 0 unspecified atom stereocenters. The second-order valence-electron chi connectivity index (χ2n) is 1.57. The smallest absolute Gasteiger partial charge is 0.335 e. The van der Waals surface area contributed by atoms with Crippen LogP contribution in [0.2, 0.25) is 0 Å². The predicted octanol–water partition coefficient (Wildman–Crippen LogP) is -1.28. The fraction of sp³-hybridized carbons (Fsp3) is 0.500. The Labute approximate surface area is 79.6 Å². The average molecular weight is 223 g/mol. The molecule has 0 fully saturated rings. The molecule has 0 saturated heterocycles. The predicted molar refractivity (Wildman–Crippen MR) is 41.8 cm³/mol. The number of halogens is 2. The first kappa shape index (κ1) is 17.5. The summed E-state index contributed by atoms with van der Waals surface area (Å²) in [6.45, 7) is 0. The summed E-state index contributed by atoms with van der Waals surface area (Å²) in [6, 6.07) is 0. The fourth-order valence-electron chi connectivity index (χ4n) is 0.270. The molecule has 74 valence electrons. The van der Waals surface area contributed by atoms with E-state index in [9.17, 15) is 9.59 Å². The Morgan fingerprint density at radius 2 is 1.00 bits per heavy atom. The van der Waals surface area contributed by atoms with Crippen molar-refractivity contribution >= 4 is 36.8 Å². The minimum Gasteiger partial charge on any atom is -0.479 e. The highest BCUT2D eigenvalue weighted by Crippen LogP contribution is 1.92. The van der Waals surface area contributed by atoms with E-state index in [-0.39, 0.29) is 24.8 Å². The molecule has 0 heterocycles. The Hall–Kier alpha value is -0.560. The van der Waals surface area contributed by atoms with Crippen molar-refractivity contribution in [2.24, 2.45) is 0 Å². The number of rotatable bonds is 3. The van der Waals surface area contributed by atoms with Crippen LogP contribution in [0.25, 0.3) is 0 Å². The van der Waals surface area contributed by atoms with Crippen LogP contribution >= 0.6 is 24.8 Å². The number of hydrogen-bond acceptors (Lipinski definition) is 4. The lowest BCUT2D eigenvalue weighted by molar-refractivity contribution is -0.165. The normalized spacial score (nSPS) is 13.2. The van der Waals surface area contributed by atoms with Crippen molar-refractivity contribution in [2.45, 2.75) is 12.2 Å². The van der Waals surface area contributed by atoms with Crippen LogP contribution in [0.1, 0.15) is 0 Å². The molecule has 4 N–H and O–H groups in total. The van der Waals surface area contributed by atoms with Gasteiger partial charge in [-0.3, -0.25) is 0 Å². The maximum atomic E-state index is 9.77. The lowest BCUT2D eigenvalue weighted by Crippen LogP contribution is -2.39. The Kier molecular flexibility index (Phi) is 10.4. The van der Waals surface area contributed by atoms with E-state index < -0.39 is 24.1 Å². The quantitative estimate of drug-likeness (QED) is 0.473. The molecule has 0 aromatic heterocycles. The molecule has 0 spiro atoms. The van der Waals surface area contributed by atoms with E-state index in [1.807, 2.05) is 0 Å². The highest BCUT2D eigenvalue weighted by Gasteiger charge is 2.29. The van der Waals surface area contributed by atoms with Crippen LogP contribution in [0.3, 0.4) is 0 Å². The van der Waals surface area contributed by atoms with Crippen LogP contribution in [0, 0.1) is 0 Å². The molecule has 0 aromatic carbocycles. The van der Waals surface area contributed by atoms with Crippen LogP contribution in [0.15, 0.2) is 0 Å². The summed E-state index contributed by atoms with van der Waals surface area (Å²) in [5.41, 5.74) is 0. The molecule has 0 aliphatic carbocycles. The first-order chi connectivity index (χ1) is 4.46. The van der Waals surface area contributed by atoms with Crippen LogP contribution in [-0.2, 0) is 9.59 Å². The van der Waals surface area contributed by atoms with Gasteiger partial charge in [-0.2, -0.15) is 0 Å². The number of aliphatic hydroxyl groups is 2. The van der Waals surface area contributed by atoms with Crippen LogP contribution in [0.5, 0.6) is 0 Å². The van der Waals surface area contributed by atoms with E-state index >= 15 is 0 Å². The van der Waals surface area contributed by atoms with Gasteiger partial charge in [0, 0.05) is 0 Å². The number of carboxylic acid groups (broad SMARTS) is 2. The number of aliphatic carboxylic acids is 2. The average Bonchev–Trinajstić information content (AvgIpc) is 1.84. The first-order valence-electron chi connectivity index (χ1n) is 2.28. The van der Waals surface area contributed by atoms with Crippen LogP contribution in [-0.4, -0.2) is 44.6 Å². The van der Waals surface area contributed by atoms with Gasteiger partial charge in [0.25, 0.3) is 0 Å². The molecular weight excluding hydrogens is 215 g/mol. The van der Waals surface area contributed by atoms with E-state index in [4.69, 9.17) is 20.4 Å². The van der Waals surface area contributed by atoms with E-state index in [1.54, 1.807) is 0 Å². The highest BCUT2D eigenvalue weighted by molar-refractivity contribution is 5.85. The number of hydrogen-bond donors (Lipinski definition) is 4. The molecule has 0 saturated carbocycles. The third-order valence-corrected chi connectivity index (χ3v) is 0.805. The van der Waals surface area contributed by atoms with E-state index in [2.05, 4.69) is 0 Å². The molecule has 0 aliphatic rings. The maximum absolute atomic E-state index is 9.77. The zero-order valence-corrected chi connectivity index (χ0v) is 7.21. The van der Waals surface area contributed by atoms with Gasteiger partial charge in [0.05, 0.1) is 0 Å². The van der Waals surface area contributed by atoms with E-state index in [1.165, 1.54) is 0 Å². The van der Waals surface area contributed by atoms with E-state index in [0.717, 1.165) is 0 Å². The largest absolute Gasteiger partial charge is 0.479 e. The van der Waals surface area contributed by atoms with Gasteiger partial charge in [-0.15, -0.1) is 24.8 Å². The van der Waals surface area contributed by atoms with Crippen molar-refractivity contribution in [3.63, 3.8) is 0 Å². The Bertz CT molecular complexity index is 142. The van der Waals surface area contributed by atoms with Crippen LogP contribution < -0.4 is 0 Å². The molecule has 0 bridgehead atoms. The second kappa shape index (κ2) is 7.11. The van der Waals surface area contributed by atoms with Gasteiger partial charge < -0.3 is 20.4 Å². The van der Waals surface area contributed by atoms with Gasteiger partial charge >= 0.3 is 11.9 Å². The summed E-state index contributed by atoms with van der Waals surface area (Å²) in [6.07, 6.45) is -4.53. The van der Waals surface area contributed by atoms with Gasteiger partial charge in [-0.1, -0.05) is 0 Å². The summed E-state index contributed by atoms with van der Waals surface area (Å²) in [7, 11) is 0. The fourth-order valence-corrected chi connectivity index (χ4v) is 0.270. The van der Waals surface area contributed by atoms with Gasteiger partial charge in [0.15, 0.2) is 12.2 Å². The summed E-state index contributed by atoms with van der Waals surface area (Å²) < 4.78 is 0. The zero-order chi connectivity index (χ0) is 8.31. The molecule has 2 atom stereocenters. The minimum absolute atomic E-state index is 0. The SMILES string of the molecule is Cl.Cl.O=C(O)[C@H](O)[C@@H](O)C(=O)O. The summed E-state index contributed by atoms with van der Waals surface area (Å²) in [4.78, 5) is 19.5. The zero-order valence-electron chi connectivity index (χ0n) is 5.58. The molecule has 0 radical (unpaired) electrons. The van der Waals surface area contributed by atoms with E-state index in [0.29, 0.717) is 0 Å². The van der Waals surface area contributed by atoms with Crippen molar-refractivity contribution < 1.29 is 30.0 Å². The molecule has 0 aliphatic heterocycles. The molecule has 0 aromatic rings. The third-order valence-electron chi connectivity index (χ3n) is 0.805. The van der Waals surface area contributed by atoms with Crippen molar-refractivity contribution in [1.82, 2.24) is 0 Å². The maximum Gasteiger partial charge on any atom is 0.335 e. The lowest BCUT2D eigenvalue weighted by Gasteiger charge is -2.07. The Morgan fingerprint density at radius 3 is 1.08 bits per heavy atom. The van der Waals surface area contributed by atoms with Gasteiger partial charge in [0.2, 0.25) is 0 Å². The van der Waals surface area contributed by atoms with Crippen molar-refractivity contribution in [1.29, 1.82) is 0 Å². The van der Waals surface area contributed by atoms with Crippen molar-refractivity contribution in [3.05, 3.63) is 0 Å². The topological polar surface area (TPSA) is 115 Å². The first-order valence-corrected chi connectivity index (χ1v) is 2.28. The Balaban J connectivity index is -0.000000405. The third kappa shape index (κ3) is 5.14. The highest BCUT2D eigenvalue weighted by atomic mass is 35.5. The number of aliphatic hydroxyl groups excluding tert-OH is 2. The number of carboxylic acids is 2. The molecule has 0 rings (SSSR count). The summed E-state index contributed by atoms with van der Waals surface area (Å²) in [5.74, 6) is -3.54. The lowest BCUT2D eigenvalue weighted by atomic mass is 10.2. The Morgan fingerprint density at radius 1 is 0.833 bits per heavy atom. The monoisotopic (exact) mass is 222 g/mol. The second-order valence-corrected chi connectivity index (χ2v) is 1.57. The van der Waals surface area contributed by atoms with Gasteiger partial charge in [0.1, 0.15) is 0 Å². The standard InChI is InChI=1S/C4H6O6.2ClH/c5-1(3(7)8)2(6)4(9)10;;/h1-2,5-6H,(H,7,8)(H,9,10);2*1H/t1-,2-;;/m1../s1. The summed E-state index contributed by atoms with van der Waals surface area (Å²) >= 11 is 0. The number of carbonyl (C=O) groups is 2. The molecular formula is C4H8Cl2O6. The molecule has 0 amide bonds. The molecule has 12 heavy (non-hydrogen) atoms. The van der Waals surface area contributed by atoms with Crippen LogP contribution in [0.4, 0.5) is 0 Å². The van der Waals surface area contributed by atoms with Gasteiger partial charge in [-0.25, -0.2) is 9.59 Å². The molecule has 6 nitrogen and oxygen atoms in total. The van der Waals surface area contributed by atoms with Gasteiger partial charge in [-0.05, 0) is 0 Å². The molecule has 8 heteroatoms. The minimum atomic E-state index is -2.27. The summed E-state index contributed by atoms with van der Waals surface area (Å²) in [5, 5.41) is 32.5. The van der Waals surface area contributed by atoms with Crippen molar-refractivity contribution in [2.75, 3.05) is 0 Å².